The Labute approximate surface area is 106 Å². The minimum Gasteiger partial charge on any atom is -0.351 e. The Morgan fingerprint density at radius 1 is 1.71 bits per heavy atom. The first-order chi connectivity index (χ1) is 7.91. The van der Waals surface area contributed by atoms with Crippen molar-refractivity contribution in [3.8, 4) is 0 Å². The lowest BCUT2D eigenvalue weighted by Crippen LogP contribution is -2.32. The molecule has 7 heteroatoms. The van der Waals surface area contributed by atoms with Gasteiger partial charge in [0.05, 0.1) is 11.8 Å². The number of carbonyl (C=O) groups is 1. The van der Waals surface area contributed by atoms with E-state index in [1.165, 1.54) is 0 Å². The first-order valence-electron chi connectivity index (χ1n) is 4.83. The molecular weight excluding hydrogens is 267 g/mol. The predicted octanol–water partition coefficient (Wildman–Crippen LogP) is 1.37. The van der Waals surface area contributed by atoms with Crippen LogP contribution in [0.5, 0.6) is 0 Å². The van der Waals surface area contributed by atoms with E-state index in [0.717, 1.165) is 12.3 Å². The van der Waals surface area contributed by atoms with Crippen LogP contribution in [-0.2, 0) is 10.8 Å². The number of nitrogens with one attached hydrogen (secondary N) is 1. The van der Waals surface area contributed by atoms with Crippen molar-refractivity contribution in [1.82, 2.24) is 10.3 Å². The van der Waals surface area contributed by atoms with Crippen molar-refractivity contribution in [2.75, 3.05) is 12.8 Å². The number of nitrogens with zero attached hydrogens (tertiary/aromatic N) is 1. The maximum absolute atomic E-state index is 12.9. The summed E-state index contributed by atoms with van der Waals surface area (Å²) in [6.07, 6.45) is 2.48. The van der Waals surface area contributed by atoms with Gasteiger partial charge in [0.15, 0.2) is 0 Å². The molecule has 1 heterocycles. The molecular formula is C10H12ClFN2O2S. The van der Waals surface area contributed by atoms with Gasteiger partial charge in [-0.15, -0.1) is 0 Å². The fraction of sp³-hybridized carbons (Fsp3) is 0.400. The SMILES string of the molecule is CC(CNC(=O)c1cc(F)cnc1Cl)S(C)=O. The third-order valence-electron chi connectivity index (χ3n) is 2.17. The second-order valence-corrected chi connectivity index (χ2v) is 5.67. The highest BCUT2D eigenvalue weighted by molar-refractivity contribution is 7.84. The van der Waals surface area contributed by atoms with E-state index in [1.807, 2.05) is 0 Å². The van der Waals surface area contributed by atoms with E-state index in [2.05, 4.69) is 10.3 Å². The average molecular weight is 279 g/mol. The number of amides is 1. The Hall–Kier alpha value is -1.01. The summed E-state index contributed by atoms with van der Waals surface area (Å²) in [5.74, 6) is -1.16. The van der Waals surface area contributed by atoms with Crippen LogP contribution in [0, 0.1) is 5.82 Å². The molecule has 17 heavy (non-hydrogen) atoms. The molecule has 0 spiro atoms. The van der Waals surface area contributed by atoms with Gasteiger partial charge in [0.25, 0.3) is 5.91 Å². The largest absolute Gasteiger partial charge is 0.351 e. The quantitative estimate of drug-likeness (QED) is 0.847. The Morgan fingerprint density at radius 3 is 2.94 bits per heavy atom. The van der Waals surface area contributed by atoms with E-state index in [-0.39, 0.29) is 22.5 Å². The van der Waals surface area contributed by atoms with Crippen LogP contribution < -0.4 is 5.32 Å². The summed E-state index contributed by atoms with van der Waals surface area (Å²) in [7, 11) is -1.03. The lowest BCUT2D eigenvalue weighted by atomic mass is 10.2. The number of halogens is 2. The summed E-state index contributed by atoms with van der Waals surface area (Å²) in [6.45, 7) is 1.97. The highest BCUT2D eigenvalue weighted by Gasteiger charge is 2.14. The van der Waals surface area contributed by atoms with Crippen molar-refractivity contribution in [3.05, 3.63) is 28.8 Å². The smallest absolute Gasteiger partial charge is 0.254 e. The molecule has 2 unspecified atom stereocenters. The summed E-state index contributed by atoms with van der Waals surface area (Å²) < 4.78 is 24.0. The number of carbonyl (C=O) groups excluding carboxylic acids is 1. The molecule has 0 bridgehead atoms. The van der Waals surface area contributed by atoms with Gasteiger partial charge in [0.2, 0.25) is 0 Å². The number of pyridine rings is 1. The van der Waals surface area contributed by atoms with Crippen LogP contribution in [0.2, 0.25) is 5.15 Å². The monoisotopic (exact) mass is 278 g/mol. The number of hydrogen-bond acceptors (Lipinski definition) is 3. The zero-order chi connectivity index (χ0) is 13.0. The molecule has 1 amide bonds. The van der Waals surface area contributed by atoms with E-state index >= 15 is 0 Å². The molecule has 0 aliphatic carbocycles. The first kappa shape index (κ1) is 14.1. The molecule has 94 valence electrons. The normalized spacial score (nSPS) is 14.1. The highest BCUT2D eigenvalue weighted by Crippen LogP contribution is 2.13. The van der Waals surface area contributed by atoms with Crippen molar-refractivity contribution < 1.29 is 13.4 Å². The molecule has 0 saturated carbocycles. The van der Waals surface area contributed by atoms with E-state index in [9.17, 15) is 13.4 Å². The van der Waals surface area contributed by atoms with E-state index < -0.39 is 22.5 Å². The molecule has 1 rings (SSSR count). The van der Waals surface area contributed by atoms with Gasteiger partial charge in [0.1, 0.15) is 11.0 Å². The van der Waals surface area contributed by atoms with Gasteiger partial charge in [-0.25, -0.2) is 9.37 Å². The standard InChI is InChI=1S/C10H12ClFN2O2S/c1-6(17(2)16)4-14-10(15)8-3-7(12)5-13-9(8)11/h3,5-6H,4H2,1-2H3,(H,14,15). The zero-order valence-electron chi connectivity index (χ0n) is 9.37. The number of aromatic nitrogens is 1. The van der Waals surface area contributed by atoms with E-state index in [0.29, 0.717) is 0 Å². The molecule has 0 fully saturated rings. The summed E-state index contributed by atoms with van der Waals surface area (Å²) in [6, 6.07) is 1.01. The van der Waals surface area contributed by atoms with Gasteiger partial charge >= 0.3 is 0 Å². The van der Waals surface area contributed by atoms with Crippen LogP contribution in [0.25, 0.3) is 0 Å². The molecule has 0 aliphatic rings. The summed E-state index contributed by atoms with van der Waals surface area (Å²) in [5.41, 5.74) is -0.0271. The zero-order valence-corrected chi connectivity index (χ0v) is 10.9. The Morgan fingerprint density at radius 2 is 2.35 bits per heavy atom. The second-order valence-electron chi connectivity index (χ2n) is 3.51. The number of rotatable bonds is 4. The topological polar surface area (TPSA) is 59.1 Å². The maximum Gasteiger partial charge on any atom is 0.254 e. The predicted molar refractivity (Wildman–Crippen MR) is 65.1 cm³/mol. The molecule has 0 aliphatic heterocycles. The fourth-order valence-electron chi connectivity index (χ4n) is 1.03. The van der Waals surface area contributed by atoms with Crippen LogP contribution in [0.1, 0.15) is 17.3 Å². The second kappa shape index (κ2) is 6.07. The third kappa shape index (κ3) is 4.05. The summed E-state index contributed by atoms with van der Waals surface area (Å²) in [4.78, 5) is 15.2. The molecule has 1 N–H and O–H groups in total. The molecule has 2 atom stereocenters. The minimum atomic E-state index is -1.03. The minimum absolute atomic E-state index is 0.0271. The third-order valence-corrected chi connectivity index (χ3v) is 3.77. The van der Waals surface area contributed by atoms with Gasteiger partial charge in [-0.1, -0.05) is 11.6 Å². The van der Waals surface area contributed by atoms with Crippen LogP contribution >= 0.6 is 11.6 Å². The molecule has 0 radical (unpaired) electrons. The number of hydrogen-bond donors (Lipinski definition) is 1. The van der Waals surface area contributed by atoms with Crippen LogP contribution in [0.4, 0.5) is 4.39 Å². The van der Waals surface area contributed by atoms with E-state index in [1.54, 1.807) is 13.2 Å². The summed E-state index contributed by atoms with van der Waals surface area (Å²) >= 11 is 5.67. The van der Waals surface area contributed by atoms with Gasteiger partial charge < -0.3 is 5.32 Å². The van der Waals surface area contributed by atoms with Crippen molar-refractivity contribution in [2.24, 2.45) is 0 Å². The Bertz CT molecular complexity index is 456. The first-order valence-corrected chi connectivity index (χ1v) is 6.83. The van der Waals surface area contributed by atoms with Gasteiger partial charge in [-0.05, 0) is 13.0 Å². The van der Waals surface area contributed by atoms with Crippen LogP contribution in [-0.4, -0.2) is 33.2 Å². The maximum atomic E-state index is 12.9. The van der Waals surface area contributed by atoms with Crippen molar-refractivity contribution in [2.45, 2.75) is 12.2 Å². The summed E-state index contributed by atoms with van der Waals surface area (Å²) in [5, 5.41) is 2.28. The van der Waals surface area contributed by atoms with Gasteiger partial charge in [-0.2, -0.15) is 0 Å². The lowest BCUT2D eigenvalue weighted by Gasteiger charge is -2.10. The van der Waals surface area contributed by atoms with E-state index in [4.69, 9.17) is 11.6 Å². The van der Waals surface area contributed by atoms with Gasteiger partial charge in [-0.3, -0.25) is 9.00 Å². The Kier molecular flexibility index (Phi) is 5.02. The molecule has 0 saturated heterocycles. The van der Waals surface area contributed by atoms with Crippen LogP contribution in [0.3, 0.4) is 0 Å². The van der Waals surface area contributed by atoms with Crippen molar-refractivity contribution >= 4 is 28.3 Å². The molecule has 4 nitrogen and oxygen atoms in total. The highest BCUT2D eigenvalue weighted by atomic mass is 35.5. The lowest BCUT2D eigenvalue weighted by molar-refractivity contribution is 0.0953. The Balaban J connectivity index is 2.70. The van der Waals surface area contributed by atoms with Crippen molar-refractivity contribution in [3.63, 3.8) is 0 Å². The average Bonchev–Trinajstić information content (AvgIpc) is 2.28. The van der Waals surface area contributed by atoms with Crippen LogP contribution in [0.15, 0.2) is 12.3 Å². The molecule has 0 aromatic carbocycles. The van der Waals surface area contributed by atoms with Gasteiger partial charge in [0, 0.05) is 28.9 Å². The molecule has 1 aromatic heterocycles. The fourth-order valence-corrected chi connectivity index (χ4v) is 1.54. The molecule has 1 aromatic rings. The van der Waals surface area contributed by atoms with Crippen molar-refractivity contribution in [1.29, 1.82) is 0 Å².